The normalized spacial score (nSPS) is 19.5. The third kappa shape index (κ3) is 7.19. The molecule has 0 N–H and O–H groups in total. The molecule has 2 fully saturated rings. The Labute approximate surface area is 198 Å². The van der Waals surface area contributed by atoms with E-state index >= 15 is 0 Å². The minimum Gasteiger partial charge on any atom is -0.494 e. The highest BCUT2D eigenvalue weighted by Gasteiger charge is 2.26. The number of hydrogen-bond acceptors (Lipinski definition) is 5. The van der Waals surface area contributed by atoms with E-state index in [0.717, 1.165) is 76.6 Å². The fraction of sp³-hybridized carbons (Fsp3) is 0.556. The minimum atomic E-state index is 0.315. The number of rotatable bonds is 9. The van der Waals surface area contributed by atoms with Crippen molar-refractivity contribution in [3.63, 3.8) is 0 Å². The van der Waals surface area contributed by atoms with Gasteiger partial charge in [0.1, 0.15) is 11.6 Å². The average molecular weight is 451 g/mol. The molecule has 1 aromatic carbocycles. The van der Waals surface area contributed by atoms with Crippen LogP contribution in [0.5, 0.6) is 5.75 Å². The molecule has 6 nitrogen and oxygen atoms in total. The van der Waals surface area contributed by atoms with Crippen molar-refractivity contribution in [1.29, 1.82) is 0 Å². The number of unbranched alkanes of at least 4 members (excludes halogenated alkanes) is 1. The zero-order chi connectivity index (χ0) is 22.9. The lowest BCUT2D eigenvalue weighted by Crippen LogP contribution is -2.50. The number of aryl methyl sites for hydroxylation is 1. The van der Waals surface area contributed by atoms with Crippen molar-refractivity contribution < 1.29 is 9.53 Å². The summed E-state index contributed by atoms with van der Waals surface area (Å²) in [5, 5.41) is 0. The molecule has 178 valence electrons. The molecule has 1 atom stereocenters. The summed E-state index contributed by atoms with van der Waals surface area (Å²) in [5.74, 6) is 2.90. The molecule has 2 saturated heterocycles. The first kappa shape index (κ1) is 23.6. The zero-order valence-electron chi connectivity index (χ0n) is 20.0. The first-order chi connectivity index (χ1) is 16.2. The van der Waals surface area contributed by atoms with Crippen LogP contribution in [-0.2, 0) is 4.79 Å². The number of anilines is 1. The van der Waals surface area contributed by atoms with E-state index in [1.54, 1.807) is 0 Å². The summed E-state index contributed by atoms with van der Waals surface area (Å²) >= 11 is 0. The molecule has 2 aromatic rings. The number of hydrogen-bond donors (Lipinski definition) is 0. The number of aromatic nitrogens is 1. The molecule has 0 aliphatic carbocycles. The van der Waals surface area contributed by atoms with Gasteiger partial charge in [0.15, 0.2) is 0 Å². The molecule has 3 heterocycles. The second kappa shape index (κ2) is 12.0. The van der Waals surface area contributed by atoms with Crippen LogP contribution in [0.2, 0.25) is 0 Å². The Bertz CT molecular complexity index is 867. The molecular weight excluding hydrogens is 412 g/mol. The Balaban J connectivity index is 1.12. The monoisotopic (exact) mass is 450 g/mol. The van der Waals surface area contributed by atoms with Crippen molar-refractivity contribution in [2.75, 3.05) is 57.3 Å². The largest absolute Gasteiger partial charge is 0.494 e. The lowest BCUT2D eigenvalue weighted by Gasteiger charge is -2.39. The van der Waals surface area contributed by atoms with Gasteiger partial charge in [0.2, 0.25) is 5.91 Å². The summed E-state index contributed by atoms with van der Waals surface area (Å²) in [6, 6.07) is 14.2. The Morgan fingerprint density at radius 2 is 1.94 bits per heavy atom. The van der Waals surface area contributed by atoms with Crippen molar-refractivity contribution in [3.8, 4) is 5.75 Å². The fourth-order valence-electron chi connectivity index (χ4n) is 4.94. The van der Waals surface area contributed by atoms with Crippen molar-refractivity contribution in [1.82, 2.24) is 14.8 Å². The topological polar surface area (TPSA) is 48.9 Å². The van der Waals surface area contributed by atoms with Crippen LogP contribution in [0.4, 0.5) is 5.82 Å². The second-order valence-corrected chi connectivity index (χ2v) is 9.45. The van der Waals surface area contributed by atoms with Gasteiger partial charge in [0.25, 0.3) is 0 Å². The highest BCUT2D eigenvalue weighted by molar-refractivity contribution is 5.76. The molecule has 1 aromatic heterocycles. The number of piperazine rings is 1. The van der Waals surface area contributed by atoms with E-state index in [-0.39, 0.29) is 0 Å². The van der Waals surface area contributed by atoms with E-state index in [9.17, 15) is 4.79 Å². The maximum absolute atomic E-state index is 12.8. The van der Waals surface area contributed by atoms with Crippen molar-refractivity contribution in [2.45, 2.75) is 39.0 Å². The molecule has 4 rings (SSSR count). The van der Waals surface area contributed by atoms with E-state index in [1.165, 1.54) is 12.0 Å². The third-order valence-electron chi connectivity index (χ3n) is 6.78. The van der Waals surface area contributed by atoms with Crippen molar-refractivity contribution in [3.05, 3.63) is 54.2 Å². The highest BCUT2D eigenvalue weighted by atomic mass is 16.5. The SMILES string of the molecule is Cc1cccc(OCCCCC(=O)N2CCCC(CN3CCN(c4ccccn4)CC3)C2)c1. The van der Waals surface area contributed by atoms with Gasteiger partial charge in [-0.3, -0.25) is 9.69 Å². The number of piperidine rings is 1. The zero-order valence-corrected chi connectivity index (χ0v) is 20.0. The quantitative estimate of drug-likeness (QED) is 0.541. The number of amides is 1. The summed E-state index contributed by atoms with van der Waals surface area (Å²) in [6.07, 6.45) is 6.66. The van der Waals surface area contributed by atoms with Crippen LogP contribution in [0.15, 0.2) is 48.7 Å². The molecule has 0 bridgehead atoms. The summed E-state index contributed by atoms with van der Waals surface area (Å²) in [4.78, 5) is 24.3. The van der Waals surface area contributed by atoms with Gasteiger partial charge in [-0.05, 0) is 68.4 Å². The van der Waals surface area contributed by atoms with E-state index < -0.39 is 0 Å². The van der Waals surface area contributed by atoms with Gasteiger partial charge in [-0.25, -0.2) is 4.98 Å². The average Bonchev–Trinajstić information content (AvgIpc) is 2.85. The van der Waals surface area contributed by atoms with Crippen LogP contribution in [-0.4, -0.2) is 73.1 Å². The van der Waals surface area contributed by atoms with Crippen LogP contribution in [0.3, 0.4) is 0 Å². The second-order valence-electron chi connectivity index (χ2n) is 9.45. The van der Waals surface area contributed by atoms with Gasteiger partial charge < -0.3 is 14.5 Å². The van der Waals surface area contributed by atoms with Crippen LogP contribution >= 0.6 is 0 Å². The Morgan fingerprint density at radius 1 is 1.06 bits per heavy atom. The number of likely N-dealkylation sites (tertiary alicyclic amines) is 1. The van der Waals surface area contributed by atoms with Gasteiger partial charge in [0.05, 0.1) is 6.61 Å². The number of ether oxygens (including phenoxy) is 1. The van der Waals surface area contributed by atoms with Crippen LogP contribution in [0, 0.1) is 12.8 Å². The predicted octanol–water partition coefficient (Wildman–Crippen LogP) is 4.00. The first-order valence-electron chi connectivity index (χ1n) is 12.5. The lowest BCUT2D eigenvalue weighted by molar-refractivity contribution is -0.133. The maximum atomic E-state index is 12.8. The number of carbonyl (C=O) groups is 1. The number of pyridine rings is 1. The molecule has 2 aliphatic rings. The molecule has 0 saturated carbocycles. The number of carbonyl (C=O) groups excluding carboxylic acids is 1. The Morgan fingerprint density at radius 3 is 2.73 bits per heavy atom. The smallest absolute Gasteiger partial charge is 0.222 e. The van der Waals surface area contributed by atoms with Crippen LogP contribution < -0.4 is 9.64 Å². The fourth-order valence-corrected chi connectivity index (χ4v) is 4.94. The Hall–Kier alpha value is -2.60. The van der Waals surface area contributed by atoms with Crippen molar-refractivity contribution in [2.24, 2.45) is 5.92 Å². The van der Waals surface area contributed by atoms with Crippen LogP contribution in [0.25, 0.3) is 0 Å². The number of nitrogens with zero attached hydrogens (tertiary/aromatic N) is 4. The lowest BCUT2D eigenvalue weighted by atomic mass is 9.96. The van der Waals surface area contributed by atoms with E-state index in [4.69, 9.17) is 4.74 Å². The summed E-state index contributed by atoms with van der Waals surface area (Å²) in [5.41, 5.74) is 1.21. The van der Waals surface area contributed by atoms with Gasteiger partial charge in [-0.2, -0.15) is 0 Å². The summed E-state index contributed by atoms with van der Waals surface area (Å²) in [7, 11) is 0. The molecule has 33 heavy (non-hydrogen) atoms. The molecular formula is C27H38N4O2. The van der Waals surface area contributed by atoms with Gasteiger partial charge >= 0.3 is 0 Å². The van der Waals surface area contributed by atoms with Gasteiger partial charge in [-0.1, -0.05) is 18.2 Å². The molecule has 0 radical (unpaired) electrons. The third-order valence-corrected chi connectivity index (χ3v) is 6.78. The predicted molar refractivity (Wildman–Crippen MR) is 133 cm³/mol. The molecule has 1 amide bonds. The molecule has 1 unspecified atom stereocenters. The molecule has 6 heteroatoms. The van der Waals surface area contributed by atoms with E-state index in [2.05, 4.69) is 50.9 Å². The molecule has 2 aliphatic heterocycles. The van der Waals surface area contributed by atoms with Gasteiger partial charge in [0, 0.05) is 58.4 Å². The van der Waals surface area contributed by atoms with E-state index in [1.807, 2.05) is 24.4 Å². The first-order valence-corrected chi connectivity index (χ1v) is 12.5. The summed E-state index contributed by atoms with van der Waals surface area (Å²) < 4.78 is 5.81. The highest BCUT2D eigenvalue weighted by Crippen LogP contribution is 2.21. The molecule has 0 spiro atoms. The number of benzene rings is 1. The van der Waals surface area contributed by atoms with Crippen LogP contribution in [0.1, 0.15) is 37.7 Å². The van der Waals surface area contributed by atoms with E-state index in [0.29, 0.717) is 24.9 Å². The summed E-state index contributed by atoms with van der Waals surface area (Å²) in [6.45, 7) is 9.87. The van der Waals surface area contributed by atoms with Gasteiger partial charge in [-0.15, -0.1) is 0 Å². The van der Waals surface area contributed by atoms with Crippen molar-refractivity contribution >= 4 is 11.7 Å². The minimum absolute atomic E-state index is 0.315. The maximum Gasteiger partial charge on any atom is 0.222 e. The Kier molecular flexibility index (Phi) is 8.59. The standard InChI is InChI=1S/C27H38N4O2/c1-23-8-6-10-25(20-23)33-19-5-3-12-27(32)31-14-7-9-24(22-31)21-29-15-17-30(18-16-29)26-11-2-4-13-28-26/h2,4,6,8,10-11,13,20,24H,3,5,7,9,12,14-19,21-22H2,1H3.